The Kier molecular flexibility index (Phi) is 6.54. The van der Waals surface area contributed by atoms with Gasteiger partial charge in [-0.2, -0.15) is 0 Å². The van der Waals surface area contributed by atoms with E-state index in [-0.39, 0.29) is 17.5 Å². The molecule has 0 aliphatic carbocycles. The third-order valence-corrected chi connectivity index (χ3v) is 7.38. The van der Waals surface area contributed by atoms with Gasteiger partial charge in [-0.15, -0.1) is 21.5 Å². The molecule has 10 heteroatoms. The summed E-state index contributed by atoms with van der Waals surface area (Å²) in [5.74, 6) is 0.562. The molecule has 0 bridgehead atoms. The second-order valence-electron chi connectivity index (χ2n) is 7.64. The van der Waals surface area contributed by atoms with Gasteiger partial charge in [0.15, 0.2) is 0 Å². The van der Waals surface area contributed by atoms with E-state index in [0.717, 1.165) is 16.9 Å². The summed E-state index contributed by atoms with van der Waals surface area (Å²) in [5, 5.41) is 9.59. The number of hydrogen-bond donors (Lipinski definition) is 0. The number of para-hydroxylation sites is 2. The van der Waals surface area contributed by atoms with Crippen LogP contribution in [-0.2, 0) is 17.6 Å². The lowest BCUT2D eigenvalue weighted by molar-refractivity contribution is -0.128. The van der Waals surface area contributed by atoms with Crippen LogP contribution in [0.5, 0.6) is 0 Å². The summed E-state index contributed by atoms with van der Waals surface area (Å²) in [7, 11) is 0. The normalized spacial score (nSPS) is 14.2. The molecule has 4 aromatic rings. The monoisotopic (exact) mass is 483 g/mol. The molecular formula is C23H22FN5O2S2. The van der Waals surface area contributed by atoms with E-state index in [1.807, 2.05) is 29.2 Å². The quantitative estimate of drug-likeness (QED) is 0.367. The summed E-state index contributed by atoms with van der Waals surface area (Å²) in [5.41, 5.74) is 1.59. The maximum atomic E-state index is 14.0. The van der Waals surface area contributed by atoms with E-state index in [1.54, 1.807) is 28.4 Å². The lowest BCUT2D eigenvalue weighted by atomic mass is 10.2. The van der Waals surface area contributed by atoms with Gasteiger partial charge < -0.3 is 14.2 Å². The Bertz CT molecular complexity index is 1220. The van der Waals surface area contributed by atoms with Crippen molar-refractivity contribution < 1.29 is 13.6 Å². The zero-order valence-electron chi connectivity index (χ0n) is 17.8. The smallest absolute Gasteiger partial charge is 0.277 e. The van der Waals surface area contributed by atoms with Gasteiger partial charge in [0.05, 0.1) is 26.7 Å². The molecule has 1 amide bonds. The van der Waals surface area contributed by atoms with Gasteiger partial charge in [0.2, 0.25) is 11.8 Å². The van der Waals surface area contributed by atoms with Crippen molar-refractivity contribution in [2.24, 2.45) is 0 Å². The first-order valence-electron chi connectivity index (χ1n) is 10.7. The summed E-state index contributed by atoms with van der Waals surface area (Å²) in [4.78, 5) is 21.0. The highest BCUT2D eigenvalue weighted by Gasteiger charge is 2.23. The molecule has 0 N–H and O–H groups in total. The third kappa shape index (κ3) is 5.17. The van der Waals surface area contributed by atoms with Crippen molar-refractivity contribution >= 4 is 44.9 Å². The van der Waals surface area contributed by atoms with Crippen LogP contribution in [0.3, 0.4) is 0 Å². The molecule has 1 fully saturated rings. The predicted molar refractivity (Wildman–Crippen MR) is 127 cm³/mol. The zero-order valence-corrected chi connectivity index (χ0v) is 19.4. The highest BCUT2D eigenvalue weighted by molar-refractivity contribution is 7.99. The predicted octanol–water partition coefficient (Wildman–Crippen LogP) is 4.04. The van der Waals surface area contributed by atoms with Gasteiger partial charge in [-0.05, 0) is 24.3 Å². The number of amides is 1. The lowest BCUT2D eigenvalue weighted by Gasteiger charge is -2.36. The van der Waals surface area contributed by atoms with Crippen LogP contribution in [0.25, 0.3) is 10.2 Å². The van der Waals surface area contributed by atoms with Crippen molar-refractivity contribution in [3.05, 3.63) is 65.2 Å². The van der Waals surface area contributed by atoms with Crippen molar-refractivity contribution in [3.8, 4) is 0 Å². The number of piperazine rings is 1. The van der Waals surface area contributed by atoms with Gasteiger partial charge in [0.25, 0.3) is 5.22 Å². The van der Waals surface area contributed by atoms with Gasteiger partial charge in [-0.25, -0.2) is 9.37 Å². The van der Waals surface area contributed by atoms with Gasteiger partial charge in [0, 0.05) is 39.0 Å². The Morgan fingerprint density at radius 2 is 1.82 bits per heavy atom. The largest absolute Gasteiger partial charge is 0.416 e. The van der Waals surface area contributed by atoms with Gasteiger partial charge in [-0.1, -0.05) is 36.0 Å². The number of halogens is 1. The standard InChI is InChI=1S/C23H22FN5O2S2/c24-16-5-1-3-7-18(16)28-11-13-29(14-12-28)22(30)15-32-23-27-26-20(31-23)9-10-21-25-17-6-2-4-8-19(17)33-21/h1-8H,9-15H2. The number of hydrogen-bond acceptors (Lipinski definition) is 8. The molecule has 5 rings (SSSR count). The van der Waals surface area contributed by atoms with Crippen LogP contribution in [0, 0.1) is 5.82 Å². The van der Waals surface area contributed by atoms with E-state index in [2.05, 4.69) is 21.2 Å². The average molecular weight is 484 g/mol. The number of benzene rings is 2. The van der Waals surface area contributed by atoms with Crippen LogP contribution < -0.4 is 4.90 Å². The molecule has 1 aliphatic rings. The molecule has 1 aliphatic heterocycles. The number of carbonyl (C=O) groups is 1. The van der Waals surface area contributed by atoms with Crippen LogP contribution in [-0.4, -0.2) is 57.9 Å². The van der Waals surface area contributed by atoms with E-state index in [9.17, 15) is 9.18 Å². The fraction of sp³-hybridized carbons (Fsp3) is 0.304. The number of aryl methyl sites for hydroxylation is 2. The number of rotatable bonds is 7. The van der Waals surface area contributed by atoms with Crippen LogP contribution in [0.15, 0.2) is 58.2 Å². The molecule has 7 nitrogen and oxygen atoms in total. The van der Waals surface area contributed by atoms with E-state index in [0.29, 0.717) is 49.4 Å². The average Bonchev–Trinajstić information content (AvgIpc) is 3.48. The lowest BCUT2D eigenvalue weighted by Crippen LogP contribution is -2.49. The van der Waals surface area contributed by atoms with Crippen molar-refractivity contribution in [1.82, 2.24) is 20.1 Å². The molecular weight excluding hydrogens is 461 g/mol. The summed E-state index contributed by atoms with van der Waals surface area (Å²) >= 11 is 2.92. The Morgan fingerprint density at radius 3 is 2.64 bits per heavy atom. The summed E-state index contributed by atoms with van der Waals surface area (Å²) in [6.45, 7) is 2.33. The van der Waals surface area contributed by atoms with E-state index in [1.165, 1.54) is 22.5 Å². The molecule has 0 unspecified atom stereocenters. The van der Waals surface area contributed by atoms with E-state index in [4.69, 9.17) is 4.42 Å². The second kappa shape index (κ2) is 9.88. The van der Waals surface area contributed by atoms with Gasteiger partial charge in [0.1, 0.15) is 5.82 Å². The molecule has 2 aromatic carbocycles. The molecule has 0 saturated carbocycles. The number of thiazole rings is 1. The minimum Gasteiger partial charge on any atom is -0.416 e. The number of nitrogens with zero attached hydrogens (tertiary/aromatic N) is 5. The third-order valence-electron chi connectivity index (χ3n) is 5.48. The highest BCUT2D eigenvalue weighted by Crippen LogP contribution is 2.24. The molecule has 0 spiro atoms. The molecule has 0 atom stereocenters. The Labute approximate surface area is 198 Å². The fourth-order valence-corrected chi connectivity index (χ4v) is 5.41. The van der Waals surface area contributed by atoms with Crippen LogP contribution in [0.4, 0.5) is 10.1 Å². The number of carbonyl (C=O) groups excluding carboxylic acids is 1. The molecule has 170 valence electrons. The van der Waals surface area contributed by atoms with Crippen LogP contribution in [0.2, 0.25) is 0 Å². The molecule has 0 radical (unpaired) electrons. The van der Waals surface area contributed by atoms with Crippen LogP contribution in [0.1, 0.15) is 10.9 Å². The molecule has 33 heavy (non-hydrogen) atoms. The Morgan fingerprint density at radius 1 is 1.03 bits per heavy atom. The SMILES string of the molecule is O=C(CSc1nnc(CCc2nc3ccccc3s2)o1)N1CCN(c2ccccc2F)CC1. The minimum absolute atomic E-state index is 0.0161. The van der Waals surface area contributed by atoms with E-state index >= 15 is 0 Å². The zero-order chi connectivity index (χ0) is 22.6. The summed E-state index contributed by atoms with van der Waals surface area (Å²) in [6, 6.07) is 14.8. The molecule has 1 saturated heterocycles. The summed E-state index contributed by atoms with van der Waals surface area (Å²) in [6.07, 6.45) is 1.34. The van der Waals surface area contributed by atoms with Crippen molar-refractivity contribution in [3.63, 3.8) is 0 Å². The maximum Gasteiger partial charge on any atom is 0.277 e. The number of aromatic nitrogens is 3. The van der Waals surface area contributed by atoms with E-state index < -0.39 is 0 Å². The Hall–Kier alpha value is -2.98. The fourth-order valence-electron chi connectivity index (χ4n) is 3.76. The molecule has 3 heterocycles. The number of anilines is 1. The minimum atomic E-state index is -0.233. The highest BCUT2D eigenvalue weighted by atomic mass is 32.2. The number of thioether (sulfide) groups is 1. The second-order valence-corrected chi connectivity index (χ2v) is 9.69. The van der Waals surface area contributed by atoms with Gasteiger partial charge >= 0.3 is 0 Å². The van der Waals surface area contributed by atoms with Crippen molar-refractivity contribution in [2.45, 2.75) is 18.1 Å². The first-order chi connectivity index (χ1) is 16.2. The topological polar surface area (TPSA) is 75.4 Å². The Balaban J connectivity index is 1.08. The van der Waals surface area contributed by atoms with Gasteiger partial charge in [-0.3, -0.25) is 4.79 Å². The van der Waals surface area contributed by atoms with Crippen molar-refractivity contribution in [1.29, 1.82) is 0 Å². The first kappa shape index (κ1) is 21.8. The molecule has 2 aromatic heterocycles. The van der Waals surface area contributed by atoms with Crippen LogP contribution >= 0.6 is 23.1 Å². The summed E-state index contributed by atoms with van der Waals surface area (Å²) < 4.78 is 20.9. The maximum absolute atomic E-state index is 14.0. The first-order valence-corrected chi connectivity index (χ1v) is 12.5. The number of fused-ring (bicyclic) bond motifs is 1. The van der Waals surface area contributed by atoms with Crippen molar-refractivity contribution in [2.75, 3.05) is 36.8 Å².